The molecule has 2 aromatic carbocycles. The molecule has 0 radical (unpaired) electrons. The third-order valence-corrected chi connectivity index (χ3v) is 3.87. The molecule has 0 amide bonds. The van der Waals surface area contributed by atoms with Crippen molar-refractivity contribution in [1.29, 1.82) is 0 Å². The van der Waals surface area contributed by atoms with Crippen LogP contribution >= 0.6 is 0 Å². The van der Waals surface area contributed by atoms with Gasteiger partial charge in [0, 0.05) is 16.9 Å². The predicted molar refractivity (Wildman–Crippen MR) is 104 cm³/mol. The maximum atomic E-state index is 14.0. The normalized spacial score (nSPS) is 12.2. The summed E-state index contributed by atoms with van der Waals surface area (Å²) in [5, 5.41) is 17.4. The Hall–Kier alpha value is -2.64. The van der Waals surface area contributed by atoms with E-state index < -0.39 is 5.67 Å². The van der Waals surface area contributed by atoms with Gasteiger partial charge in [0.2, 0.25) is 0 Å². The van der Waals surface area contributed by atoms with Crippen LogP contribution in [-0.4, -0.2) is 29.2 Å². The molecule has 6 N–H and O–H groups in total. The first kappa shape index (κ1) is 19.7. The molecular formula is C19H26FN5O. The zero-order valence-corrected chi connectivity index (χ0v) is 15.3. The van der Waals surface area contributed by atoms with Gasteiger partial charge in [0.05, 0.1) is 13.2 Å². The molecular weight excluding hydrogens is 333 g/mol. The van der Waals surface area contributed by atoms with Crippen LogP contribution in [0.1, 0.15) is 30.5 Å². The maximum absolute atomic E-state index is 14.0. The summed E-state index contributed by atoms with van der Waals surface area (Å²) in [7, 11) is 0. The summed E-state index contributed by atoms with van der Waals surface area (Å²) in [5.74, 6) is 5.89. The molecule has 140 valence electrons. The van der Waals surface area contributed by atoms with Crippen LogP contribution in [0, 0.1) is 6.92 Å². The Bertz CT molecular complexity index is 768. The standard InChI is InChI=1S/C19H26FN5O/c1-13-4-9-16(18(21)24-25(22)10-11-26)17(12-13)23-15-7-5-14(6-8-15)19(2,3)20/h4-9,12,23,26H,10-11,22H2,1-3H3,(H2,21,24). The van der Waals surface area contributed by atoms with Crippen LogP contribution in [-0.2, 0) is 5.67 Å². The lowest BCUT2D eigenvalue weighted by Crippen LogP contribution is -2.32. The second kappa shape index (κ2) is 8.16. The van der Waals surface area contributed by atoms with Gasteiger partial charge in [-0.05, 0) is 56.2 Å². The van der Waals surface area contributed by atoms with Crippen LogP contribution in [0.25, 0.3) is 0 Å². The van der Waals surface area contributed by atoms with Crippen LogP contribution in [0.5, 0.6) is 0 Å². The molecule has 7 heteroatoms. The van der Waals surface area contributed by atoms with Crippen LogP contribution in [0.3, 0.4) is 0 Å². The van der Waals surface area contributed by atoms with Crippen molar-refractivity contribution in [3.05, 3.63) is 59.2 Å². The van der Waals surface area contributed by atoms with E-state index in [4.69, 9.17) is 16.7 Å². The fourth-order valence-electron chi connectivity index (χ4n) is 2.43. The number of halogens is 1. The van der Waals surface area contributed by atoms with Gasteiger partial charge in [-0.15, -0.1) is 5.10 Å². The lowest BCUT2D eigenvalue weighted by atomic mass is 10.00. The van der Waals surface area contributed by atoms with Crippen LogP contribution < -0.4 is 16.9 Å². The molecule has 0 saturated heterocycles. The topological polar surface area (TPSA) is 99.9 Å². The molecule has 2 rings (SSSR count). The molecule has 0 heterocycles. The monoisotopic (exact) mass is 359 g/mol. The SMILES string of the molecule is Cc1ccc(/C(N)=N/N(N)CCO)c(Nc2ccc(C(C)(C)F)cc2)c1. The van der Waals surface area contributed by atoms with Crippen molar-refractivity contribution < 1.29 is 9.50 Å². The number of nitrogens with one attached hydrogen (secondary N) is 1. The highest BCUT2D eigenvalue weighted by Crippen LogP contribution is 2.27. The summed E-state index contributed by atoms with van der Waals surface area (Å²) >= 11 is 0. The quantitative estimate of drug-likeness (QED) is 0.264. The summed E-state index contributed by atoms with van der Waals surface area (Å²) in [6.07, 6.45) is 0. The Morgan fingerprint density at radius 1 is 1.23 bits per heavy atom. The molecule has 0 unspecified atom stereocenters. The largest absolute Gasteiger partial charge is 0.394 e. The number of amidine groups is 1. The second-order valence-corrected chi connectivity index (χ2v) is 6.60. The van der Waals surface area contributed by atoms with Gasteiger partial charge in [0.1, 0.15) is 5.67 Å². The van der Waals surface area contributed by atoms with Crippen LogP contribution in [0.15, 0.2) is 47.6 Å². The number of alkyl halides is 1. The zero-order chi connectivity index (χ0) is 19.3. The lowest BCUT2D eigenvalue weighted by molar-refractivity contribution is 0.204. The third-order valence-electron chi connectivity index (χ3n) is 3.87. The van der Waals surface area contributed by atoms with Crippen LogP contribution in [0.4, 0.5) is 15.8 Å². The Morgan fingerprint density at radius 2 is 1.88 bits per heavy atom. The number of hydrogen-bond donors (Lipinski definition) is 4. The minimum absolute atomic E-state index is 0.121. The number of nitrogens with two attached hydrogens (primary N) is 2. The number of benzene rings is 2. The second-order valence-electron chi connectivity index (χ2n) is 6.60. The Labute approximate surface area is 153 Å². The highest BCUT2D eigenvalue weighted by molar-refractivity contribution is 6.03. The average Bonchev–Trinajstić information content (AvgIpc) is 2.54. The zero-order valence-electron chi connectivity index (χ0n) is 15.3. The fraction of sp³-hybridized carbons (Fsp3) is 0.316. The first-order valence-corrected chi connectivity index (χ1v) is 8.35. The van der Waals surface area contributed by atoms with Gasteiger partial charge in [0.15, 0.2) is 5.84 Å². The minimum Gasteiger partial charge on any atom is -0.394 e. The molecule has 0 aromatic heterocycles. The lowest BCUT2D eigenvalue weighted by Gasteiger charge is -2.17. The summed E-state index contributed by atoms with van der Waals surface area (Å²) < 4.78 is 14.0. The molecule has 0 spiro atoms. The van der Waals surface area contributed by atoms with Crippen LogP contribution in [0.2, 0.25) is 0 Å². The molecule has 0 atom stereocenters. The molecule has 0 aliphatic rings. The summed E-state index contributed by atoms with van der Waals surface area (Å²) in [6.45, 7) is 5.07. The number of aliphatic hydroxyl groups is 1. The highest BCUT2D eigenvalue weighted by Gasteiger charge is 2.18. The van der Waals surface area contributed by atoms with E-state index in [1.165, 1.54) is 13.8 Å². The number of aliphatic hydroxyl groups excluding tert-OH is 1. The van der Waals surface area contributed by atoms with E-state index in [2.05, 4.69) is 10.4 Å². The van der Waals surface area contributed by atoms with Gasteiger partial charge in [-0.25, -0.2) is 15.4 Å². The predicted octanol–water partition coefficient (Wildman–Crippen LogP) is 2.73. The van der Waals surface area contributed by atoms with E-state index in [0.29, 0.717) is 11.1 Å². The fourth-order valence-corrected chi connectivity index (χ4v) is 2.43. The number of rotatable bonds is 7. The Morgan fingerprint density at radius 3 is 2.46 bits per heavy atom. The molecule has 2 aromatic rings. The summed E-state index contributed by atoms with van der Waals surface area (Å²) in [6, 6.07) is 12.8. The first-order chi connectivity index (χ1) is 12.2. The Balaban J connectivity index is 2.30. The van der Waals surface area contributed by atoms with Gasteiger partial charge >= 0.3 is 0 Å². The van der Waals surface area contributed by atoms with Gasteiger partial charge in [0.25, 0.3) is 0 Å². The van der Waals surface area contributed by atoms with Gasteiger partial charge in [-0.1, -0.05) is 18.2 Å². The van der Waals surface area contributed by atoms with Crippen molar-refractivity contribution in [3.63, 3.8) is 0 Å². The number of aryl methyl sites for hydroxylation is 1. The number of nitrogens with zero attached hydrogens (tertiary/aromatic N) is 2. The maximum Gasteiger partial charge on any atom is 0.154 e. The van der Waals surface area contributed by atoms with Crippen molar-refractivity contribution >= 4 is 17.2 Å². The van der Waals surface area contributed by atoms with Gasteiger partial charge in [-0.3, -0.25) is 0 Å². The van der Waals surface area contributed by atoms with Crippen molar-refractivity contribution in [2.24, 2.45) is 16.7 Å². The molecule has 0 saturated carbocycles. The van der Waals surface area contributed by atoms with E-state index in [0.717, 1.165) is 22.1 Å². The summed E-state index contributed by atoms with van der Waals surface area (Å²) in [5.41, 5.74) is 8.58. The molecule has 0 aliphatic heterocycles. The van der Waals surface area contributed by atoms with E-state index in [1.807, 2.05) is 37.3 Å². The van der Waals surface area contributed by atoms with Crippen molar-refractivity contribution in [3.8, 4) is 0 Å². The van der Waals surface area contributed by atoms with Gasteiger partial charge < -0.3 is 16.2 Å². The van der Waals surface area contributed by atoms with E-state index in [1.54, 1.807) is 12.1 Å². The van der Waals surface area contributed by atoms with Crippen molar-refractivity contribution in [2.45, 2.75) is 26.4 Å². The average molecular weight is 359 g/mol. The summed E-state index contributed by atoms with van der Waals surface area (Å²) in [4.78, 5) is 0. The molecule has 26 heavy (non-hydrogen) atoms. The smallest absolute Gasteiger partial charge is 0.154 e. The minimum atomic E-state index is -1.39. The third kappa shape index (κ3) is 5.18. The van der Waals surface area contributed by atoms with Gasteiger partial charge in [-0.2, -0.15) is 0 Å². The number of anilines is 2. The first-order valence-electron chi connectivity index (χ1n) is 8.35. The molecule has 0 fully saturated rings. The number of hydrazine groups is 1. The molecule has 0 bridgehead atoms. The molecule has 6 nitrogen and oxygen atoms in total. The van der Waals surface area contributed by atoms with Crippen molar-refractivity contribution in [2.75, 3.05) is 18.5 Å². The van der Waals surface area contributed by atoms with E-state index in [-0.39, 0.29) is 19.0 Å². The highest BCUT2D eigenvalue weighted by atomic mass is 19.1. The van der Waals surface area contributed by atoms with Crippen molar-refractivity contribution in [1.82, 2.24) is 5.12 Å². The van der Waals surface area contributed by atoms with E-state index in [9.17, 15) is 4.39 Å². The molecule has 0 aliphatic carbocycles. The number of hydrogen-bond acceptors (Lipinski definition) is 5. The number of hydrazone groups is 1. The van der Waals surface area contributed by atoms with E-state index >= 15 is 0 Å². The Kier molecular flexibility index (Phi) is 6.18.